The van der Waals surface area contributed by atoms with Gasteiger partial charge in [-0.1, -0.05) is 35.7 Å². The van der Waals surface area contributed by atoms with E-state index in [-0.39, 0.29) is 11.5 Å². The first-order valence-electron chi connectivity index (χ1n) is 4.75. The number of phenols is 2. The van der Waals surface area contributed by atoms with Crippen LogP contribution in [0.4, 0.5) is 0 Å². The molecule has 2 nitrogen and oxygen atoms in total. The normalized spacial score (nSPS) is 13.0. The Hall–Kier alpha value is -1.26. The molecule has 0 amide bonds. The van der Waals surface area contributed by atoms with E-state index in [1.54, 1.807) is 11.8 Å². The second-order valence-electron chi connectivity index (χ2n) is 3.41. The van der Waals surface area contributed by atoms with Crippen LogP contribution in [-0.2, 0) is 0 Å². The van der Waals surface area contributed by atoms with Crippen molar-refractivity contribution in [1.82, 2.24) is 0 Å². The summed E-state index contributed by atoms with van der Waals surface area (Å²) in [5, 5.41) is 19.2. The zero-order valence-electron chi connectivity index (χ0n) is 8.18. The molecular weight excluding hydrogens is 240 g/mol. The Balaban J connectivity index is 2.16. The van der Waals surface area contributed by atoms with E-state index in [2.05, 4.69) is 6.07 Å². The molecular formula is C12H8O2S2. The van der Waals surface area contributed by atoms with Gasteiger partial charge >= 0.3 is 0 Å². The number of hydrogen-bond donors (Lipinski definition) is 2. The second-order valence-corrected chi connectivity index (χ2v) is 5.55. The van der Waals surface area contributed by atoms with Crippen LogP contribution in [0, 0.1) is 0 Å². The molecule has 2 aromatic carbocycles. The van der Waals surface area contributed by atoms with Gasteiger partial charge in [-0.2, -0.15) is 0 Å². The first kappa shape index (κ1) is 9.93. The molecule has 0 aromatic heterocycles. The smallest absolute Gasteiger partial charge is 0.172 e. The number of aromatic hydroxyl groups is 2. The largest absolute Gasteiger partial charge is 0.504 e. The molecule has 0 bridgehead atoms. The van der Waals surface area contributed by atoms with Gasteiger partial charge in [-0.3, -0.25) is 0 Å². The molecule has 16 heavy (non-hydrogen) atoms. The van der Waals surface area contributed by atoms with Crippen LogP contribution in [0.3, 0.4) is 0 Å². The van der Waals surface area contributed by atoms with Crippen LogP contribution in [0.25, 0.3) is 0 Å². The fraction of sp³-hybridized carbons (Fsp3) is 0. The summed E-state index contributed by atoms with van der Waals surface area (Å²) in [6.45, 7) is 0. The molecule has 3 rings (SSSR count). The van der Waals surface area contributed by atoms with Crippen molar-refractivity contribution in [2.45, 2.75) is 19.6 Å². The molecule has 1 aliphatic rings. The summed E-state index contributed by atoms with van der Waals surface area (Å²) in [5.74, 6) is -0.0873. The molecule has 0 saturated heterocycles. The highest BCUT2D eigenvalue weighted by Gasteiger charge is 2.21. The second kappa shape index (κ2) is 3.64. The van der Waals surface area contributed by atoms with Crippen molar-refractivity contribution < 1.29 is 10.2 Å². The van der Waals surface area contributed by atoms with E-state index in [1.165, 1.54) is 22.7 Å². The number of rotatable bonds is 0. The van der Waals surface area contributed by atoms with Crippen LogP contribution in [0.2, 0.25) is 0 Å². The van der Waals surface area contributed by atoms with Crippen molar-refractivity contribution in [2.75, 3.05) is 0 Å². The van der Waals surface area contributed by atoms with Gasteiger partial charge in [-0.05, 0) is 24.3 Å². The molecule has 0 fully saturated rings. The molecule has 1 aliphatic heterocycles. The Kier molecular flexibility index (Phi) is 2.26. The third-order valence-electron chi connectivity index (χ3n) is 2.36. The molecule has 0 atom stereocenters. The molecule has 0 radical (unpaired) electrons. The van der Waals surface area contributed by atoms with Crippen LogP contribution < -0.4 is 0 Å². The maximum Gasteiger partial charge on any atom is 0.172 e. The molecule has 2 N–H and O–H groups in total. The SMILES string of the molecule is Oc1ccc2c(c1O)Sc1ccccc1S2. The van der Waals surface area contributed by atoms with Crippen molar-refractivity contribution in [1.29, 1.82) is 0 Å². The molecule has 0 unspecified atom stereocenters. The van der Waals surface area contributed by atoms with E-state index in [0.29, 0.717) is 0 Å². The Morgan fingerprint density at radius 3 is 2.19 bits per heavy atom. The highest BCUT2D eigenvalue weighted by molar-refractivity contribution is 8.05. The van der Waals surface area contributed by atoms with Crippen LogP contribution in [-0.4, -0.2) is 10.2 Å². The lowest BCUT2D eigenvalue weighted by Gasteiger charge is -2.19. The minimum absolute atomic E-state index is 0.0236. The lowest BCUT2D eigenvalue weighted by molar-refractivity contribution is 0.392. The van der Waals surface area contributed by atoms with Gasteiger partial charge in [0.05, 0.1) is 4.90 Å². The highest BCUT2D eigenvalue weighted by Crippen LogP contribution is 2.53. The van der Waals surface area contributed by atoms with Gasteiger partial charge in [0.25, 0.3) is 0 Å². The van der Waals surface area contributed by atoms with E-state index in [0.717, 1.165) is 14.7 Å². The molecule has 0 aliphatic carbocycles. The average Bonchev–Trinajstić information content (AvgIpc) is 2.32. The minimum atomic E-state index is -0.0637. The topological polar surface area (TPSA) is 40.5 Å². The van der Waals surface area contributed by atoms with Crippen molar-refractivity contribution >= 4 is 23.5 Å². The summed E-state index contributed by atoms with van der Waals surface area (Å²) in [6.07, 6.45) is 0. The van der Waals surface area contributed by atoms with E-state index in [9.17, 15) is 10.2 Å². The van der Waals surface area contributed by atoms with Gasteiger partial charge in [-0.25, -0.2) is 0 Å². The molecule has 0 spiro atoms. The summed E-state index contributed by atoms with van der Waals surface area (Å²) in [4.78, 5) is 4.02. The zero-order valence-corrected chi connectivity index (χ0v) is 9.81. The fourth-order valence-corrected chi connectivity index (χ4v) is 3.85. The van der Waals surface area contributed by atoms with Gasteiger partial charge in [0.2, 0.25) is 0 Å². The Morgan fingerprint density at radius 2 is 1.44 bits per heavy atom. The number of hydrogen-bond acceptors (Lipinski definition) is 4. The fourth-order valence-electron chi connectivity index (χ4n) is 1.57. The quantitative estimate of drug-likeness (QED) is 0.595. The number of phenolic OH excluding ortho intramolecular Hbond substituents is 2. The monoisotopic (exact) mass is 248 g/mol. The summed E-state index contributed by atoms with van der Waals surface area (Å²) < 4.78 is 0. The van der Waals surface area contributed by atoms with E-state index in [4.69, 9.17) is 0 Å². The molecule has 1 heterocycles. The maximum absolute atomic E-state index is 9.78. The lowest BCUT2D eigenvalue weighted by Crippen LogP contribution is -1.89. The highest BCUT2D eigenvalue weighted by atomic mass is 32.2. The standard InChI is InChI=1S/C12H8O2S2/c13-7-5-6-10-12(11(7)14)16-9-4-2-1-3-8(9)15-10/h1-6,13-14H. The Morgan fingerprint density at radius 1 is 0.750 bits per heavy atom. The molecule has 2 aromatic rings. The Bertz CT molecular complexity index is 567. The first-order chi connectivity index (χ1) is 7.75. The molecule has 4 heteroatoms. The van der Waals surface area contributed by atoms with E-state index >= 15 is 0 Å². The van der Waals surface area contributed by atoms with Crippen molar-refractivity contribution in [3.63, 3.8) is 0 Å². The van der Waals surface area contributed by atoms with Crippen LogP contribution in [0.5, 0.6) is 11.5 Å². The summed E-state index contributed by atoms with van der Waals surface area (Å²) in [6, 6.07) is 11.4. The maximum atomic E-state index is 9.78. The number of benzene rings is 2. The minimum Gasteiger partial charge on any atom is -0.504 e. The van der Waals surface area contributed by atoms with Gasteiger partial charge in [0, 0.05) is 14.7 Å². The predicted octanol–water partition coefficient (Wildman–Crippen LogP) is 3.71. The average molecular weight is 248 g/mol. The first-order valence-corrected chi connectivity index (χ1v) is 6.38. The van der Waals surface area contributed by atoms with Gasteiger partial charge in [0.1, 0.15) is 0 Å². The van der Waals surface area contributed by atoms with Gasteiger partial charge in [-0.15, -0.1) is 0 Å². The predicted molar refractivity (Wildman–Crippen MR) is 64.5 cm³/mol. The van der Waals surface area contributed by atoms with E-state index in [1.807, 2.05) is 24.3 Å². The van der Waals surface area contributed by atoms with Crippen molar-refractivity contribution in [3.05, 3.63) is 36.4 Å². The third kappa shape index (κ3) is 1.45. The van der Waals surface area contributed by atoms with Crippen LogP contribution >= 0.6 is 23.5 Å². The summed E-state index contributed by atoms with van der Waals surface area (Å²) in [5.41, 5.74) is 0. The van der Waals surface area contributed by atoms with Gasteiger partial charge in [0.15, 0.2) is 11.5 Å². The van der Waals surface area contributed by atoms with Gasteiger partial charge < -0.3 is 10.2 Å². The van der Waals surface area contributed by atoms with Crippen molar-refractivity contribution in [3.8, 4) is 11.5 Å². The Labute approximate surface area is 101 Å². The molecule has 80 valence electrons. The number of fused-ring (bicyclic) bond motifs is 2. The summed E-state index contributed by atoms with van der Waals surface area (Å²) in [7, 11) is 0. The summed E-state index contributed by atoms with van der Waals surface area (Å²) >= 11 is 3.11. The third-order valence-corrected chi connectivity index (χ3v) is 4.94. The van der Waals surface area contributed by atoms with Crippen molar-refractivity contribution in [2.24, 2.45) is 0 Å². The molecule has 0 saturated carbocycles. The van der Waals surface area contributed by atoms with Crippen LogP contribution in [0.15, 0.2) is 56.0 Å². The zero-order chi connectivity index (χ0) is 11.1. The lowest BCUT2D eigenvalue weighted by atomic mass is 10.3. The van der Waals surface area contributed by atoms with Crippen LogP contribution in [0.1, 0.15) is 0 Å². The van der Waals surface area contributed by atoms with E-state index < -0.39 is 0 Å².